The van der Waals surface area contributed by atoms with E-state index in [0.29, 0.717) is 0 Å². The van der Waals surface area contributed by atoms with Crippen molar-refractivity contribution in [3.63, 3.8) is 0 Å². The normalized spacial score (nSPS) is 14.2. The van der Waals surface area contributed by atoms with E-state index < -0.39 is 0 Å². The fourth-order valence-electron chi connectivity index (χ4n) is 2.08. The van der Waals surface area contributed by atoms with Crippen LogP contribution < -0.4 is 9.64 Å². The number of benzene rings is 1. The third-order valence-corrected chi connectivity index (χ3v) is 2.97. The summed E-state index contributed by atoms with van der Waals surface area (Å²) in [5, 5.41) is 0. The summed E-state index contributed by atoms with van der Waals surface area (Å²) in [6, 6.07) is 9.95. The molecule has 0 fully saturated rings. The summed E-state index contributed by atoms with van der Waals surface area (Å²) in [6.07, 6.45) is 3.54. The van der Waals surface area contributed by atoms with E-state index in [4.69, 9.17) is 9.15 Å². The molecule has 4 nitrogen and oxygen atoms in total. The average molecular weight is 242 g/mol. The Kier molecular flexibility index (Phi) is 2.76. The smallest absolute Gasteiger partial charge is 0.189 e. The molecular formula is C14H14N2O2. The number of hydrogen-bond acceptors (Lipinski definition) is 4. The van der Waals surface area contributed by atoms with E-state index in [0.717, 1.165) is 35.9 Å². The number of aliphatic imine (C=N–C) groups is 1. The largest absolute Gasteiger partial charge is 0.491 e. The Morgan fingerprint density at radius 1 is 1.28 bits per heavy atom. The summed E-state index contributed by atoms with van der Waals surface area (Å²) in [4.78, 5) is 6.24. The fourth-order valence-corrected chi connectivity index (χ4v) is 2.08. The van der Waals surface area contributed by atoms with Crippen molar-refractivity contribution in [2.75, 3.05) is 25.1 Å². The first kappa shape index (κ1) is 10.9. The Morgan fingerprint density at radius 2 is 2.11 bits per heavy atom. The van der Waals surface area contributed by atoms with Gasteiger partial charge >= 0.3 is 0 Å². The van der Waals surface area contributed by atoms with Crippen LogP contribution in [-0.4, -0.2) is 26.5 Å². The second-order valence-electron chi connectivity index (χ2n) is 4.06. The van der Waals surface area contributed by atoms with E-state index in [2.05, 4.69) is 4.99 Å². The minimum atomic E-state index is 0.758. The molecule has 0 aliphatic carbocycles. The zero-order chi connectivity index (χ0) is 12.4. The molecule has 0 unspecified atom stereocenters. The Labute approximate surface area is 106 Å². The first-order valence-electron chi connectivity index (χ1n) is 5.87. The lowest BCUT2D eigenvalue weighted by Gasteiger charge is -2.13. The Hall–Kier alpha value is -2.23. The summed E-state index contributed by atoms with van der Waals surface area (Å²) in [7, 11) is 1.66. The summed E-state index contributed by atoms with van der Waals surface area (Å²) >= 11 is 0. The maximum atomic E-state index is 5.66. The highest BCUT2D eigenvalue weighted by atomic mass is 16.5. The standard InChI is InChI=1S/C14H14N2O2/c1-17-14-12(16-8-7-15-10-16)9-18-13(14)11-5-3-2-4-6-11/h2-6,9-10H,7-8H2,1H3. The van der Waals surface area contributed by atoms with Gasteiger partial charge in [0.25, 0.3) is 0 Å². The molecule has 1 aliphatic heterocycles. The molecule has 1 aliphatic rings. The molecule has 18 heavy (non-hydrogen) atoms. The minimum absolute atomic E-state index is 0.758. The third kappa shape index (κ3) is 1.76. The maximum absolute atomic E-state index is 5.66. The van der Waals surface area contributed by atoms with Crippen molar-refractivity contribution in [3.05, 3.63) is 36.6 Å². The first-order valence-corrected chi connectivity index (χ1v) is 5.87. The van der Waals surface area contributed by atoms with Crippen LogP contribution in [0.4, 0.5) is 5.69 Å². The molecule has 0 saturated heterocycles. The van der Waals surface area contributed by atoms with Crippen LogP contribution in [0.5, 0.6) is 5.75 Å². The number of methoxy groups -OCH3 is 1. The van der Waals surface area contributed by atoms with Crippen LogP contribution in [0.15, 0.2) is 46.0 Å². The Bertz CT molecular complexity index is 560. The van der Waals surface area contributed by atoms with Crippen molar-refractivity contribution in [2.45, 2.75) is 0 Å². The molecule has 0 saturated carbocycles. The van der Waals surface area contributed by atoms with Crippen LogP contribution in [0.1, 0.15) is 0 Å². The summed E-state index contributed by atoms with van der Waals surface area (Å²) in [6.45, 7) is 1.68. The van der Waals surface area contributed by atoms with Crippen LogP contribution in [0.3, 0.4) is 0 Å². The van der Waals surface area contributed by atoms with Gasteiger partial charge in [0, 0.05) is 12.1 Å². The van der Waals surface area contributed by atoms with E-state index in [1.807, 2.05) is 41.6 Å². The predicted molar refractivity (Wildman–Crippen MR) is 71.4 cm³/mol. The molecule has 1 aromatic carbocycles. The molecule has 0 radical (unpaired) electrons. The molecule has 2 aromatic rings. The molecule has 0 atom stereocenters. The molecule has 2 heterocycles. The van der Waals surface area contributed by atoms with Crippen molar-refractivity contribution >= 4 is 12.0 Å². The van der Waals surface area contributed by atoms with Gasteiger partial charge in [-0.15, -0.1) is 0 Å². The second kappa shape index (κ2) is 4.56. The topological polar surface area (TPSA) is 38.0 Å². The van der Waals surface area contributed by atoms with Crippen LogP contribution >= 0.6 is 0 Å². The molecule has 0 N–H and O–H groups in total. The Balaban J connectivity index is 2.04. The number of hydrogen-bond donors (Lipinski definition) is 0. The molecule has 1 aromatic heterocycles. The fraction of sp³-hybridized carbons (Fsp3) is 0.214. The molecule has 0 amide bonds. The summed E-state index contributed by atoms with van der Waals surface area (Å²) < 4.78 is 11.1. The third-order valence-electron chi connectivity index (χ3n) is 2.97. The van der Waals surface area contributed by atoms with E-state index in [1.165, 1.54) is 0 Å². The lowest BCUT2D eigenvalue weighted by Crippen LogP contribution is -2.18. The van der Waals surface area contributed by atoms with Gasteiger partial charge in [-0.3, -0.25) is 4.99 Å². The van der Waals surface area contributed by atoms with Gasteiger partial charge in [-0.05, 0) is 0 Å². The SMILES string of the molecule is COc1c(N2C=NCC2)coc1-c1ccccc1. The number of ether oxygens (including phenoxy) is 1. The van der Waals surface area contributed by atoms with Gasteiger partial charge in [0.2, 0.25) is 0 Å². The maximum Gasteiger partial charge on any atom is 0.189 e. The number of rotatable bonds is 3. The Morgan fingerprint density at radius 3 is 2.78 bits per heavy atom. The van der Waals surface area contributed by atoms with E-state index in [9.17, 15) is 0 Å². The van der Waals surface area contributed by atoms with Crippen LogP contribution in [-0.2, 0) is 0 Å². The highest BCUT2D eigenvalue weighted by molar-refractivity contribution is 5.87. The molecule has 0 spiro atoms. The first-order chi connectivity index (χ1) is 8.90. The number of anilines is 1. The van der Waals surface area contributed by atoms with Crippen LogP contribution in [0.2, 0.25) is 0 Å². The van der Waals surface area contributed by atoms with Crippen molar-refractivity contribution in [3.8, 4) is 17.1 Å². The highest BCUT2D eigenvalue weighted by Crippen LogP contribution is 2.40. The van der Waals surface area contributed by atoms with Gasteiger partial charge in [-0.2, -0.15) is 0 Å². The lowest BCUT2D eigenvalue weighted by molar-refractivity contribution is 0.410. The van der Waals surface area contributed by atoms with Gasteiger partial charge in [-0.25, -0.2) is 0 Å². The lowest BCUT2D eigenvalue weighted by atomic mass is 10.1. The van der Waals surface area contributed by atoms with Gasteiger partial charge in [-0.1, -0.05) is 30.3 Å². The van der Waals surface area contributed by atoms with Crippen molar-refractivity contribution in [1.82, 2.24) is 0 Å². The van der Waals surface area contributed by atoms with Gasteiger partial charge in [0.1, 0.15) is 12.0 Å². The molecule has 0 bridgehead atoms. The zero-order valence-corrected chi connectivity index (χ0v) is 10.2. The van der Waals surface area contributed by atoms with Crippen LogP contribution in [0.25, 0.3) is 11.3 Å². The monoisotopic (exact) mass is 242 g/mol. The summed E-state index contributed by atoms with van der Waals surface area (Å²) in [5.41, 5.74) is 1.94. The summed E-state index contributed by atoms with van der Waals surface area (Å²) in [5.74, 6) is 1.52. The van der Waals surface area contributed by atoms with Gasteiger partial charge in [0.15, 0.2) is 11.5 Å². The van der Waals surface area contributed by atoms with Crippen molar-refractivity contribution in [2.24, 2.45) is 4.99 Å². The van der Waals surface area contributed by atoms with Gasteiger partial charge < -0.3 is 14.1 Å². The minimum Gasteiger partial charge on any atom is -0.491 e. The highest BCUT2D eigenvalue weighted by Gasteiger charge is 2.21. The predicted octanol–water partition coefficient (Wildman–Crippen LogP) is 2.80. The zero-order valence-electron chi connectivity index (χ0n) is 10.2. The average Bonchev–Trinajstić information content (AvgIpc) is 3.08. The molecule has 92 valence electrons. The molecule has 4 heteroatoms. The number of furan rings is 1. The molecule has 3 rings (SSSR count). The van der Waals surface area contributed by atoms with Crippen LogP contribution in [0, 0.1) is 0 Å². The van der Waals surface area contributed by atoms with E-state index in [-0.39, 0.29) is 0 Å². The quantitative estimate of drug-likeness (QED) is 0.830. The van der Waals surface area contributed by atoms with Crippen molar-refractivity contribution in [1.29, 1.82) is 0 Å². The number of nitrogens with zero attached hydrogens (tertiary/aromatic N) is 2. The van der Waals surface area contributed by atoms with E-state index in [1.54, 1.807) is 13.4 Å². The molecular weight excluding hydrogens is 228 g/mol. The second-order valence-corrected chi connectivity index (χ2v) is 4.06. The van der Waals surface area contributed by atoms with Crippen molar-refractivity contribution < 1.29 is 9.15 Å². The van der Waals surface area contributed by atoms with Gasteiger partial charge in [0.05, 0.1) is 20.0 Å². The van der Waals surface area contributed by atoms with E-state index >= 15 is 0 Å².